The van der Waals surface area contributed by atoms with E-state index in [1.54, 1.807) is 0 Å². The number of carbonyl (C=O) groups excluding carboxylic acids is 1. The van der Waals surface area contributed by atoms with Crippen molar-refractivity contribution in [2.75, 3.05) is 5.32 Å². The lowest BCUT2D eigenvalue weighted by Gasteiger charge is -2.24. The number of carbonyl (C=O) groups is 1. The molecule has 0 atom stereocenters. The molecule has 2 aromatic rings. The van der Waals surface area contributed by atoms with Gasteiger partial charge in [0, 0.05) is 5.69 Å². The topological polar surface area (TPSA) is 38.3 Å². The molecule has 1 amide bonds. The minimum absolute atomic E-state index is 0.0288. The van der Waals surface area contributed by atoms with Crippen LogP contribution in [0.4, 0.5) is 5.69 Å². The highest BCUT2D eigenvalue weighted by atomic mass is 16.5. The second-order valence-electron chi connectivity index (χ2n) is 6.64. The van der Waals surface area contributed by atoms with Gasteiger partial charge in [-0.25, -0.2) is 0 Å². The average molecular weight is 311 g/mol. The number of aryl methyl sites for hydroxylation is 1. The summed E-state index contributed by atoms with van der Waals surface area (Å²) in [6.07, 6.45) is 0.135. The number of nitrogens with one attached hydrogen (secondary N) is 1. The maximum atomic E-state index is 12.6. The summed E-state index contributed by atoms with van der Waals surface area (Å²) in [5, 5.41) is 2.98. The van der Waals surface area contributed by atoms with Gasteiger partial charge in [-0.3, -0.25) is 4.79 Å². The molecular formula is C20H25NO2. The van der Waals surface area contributed by atoms with E-state index in [1.807, 2.05) is 83.1 Å². The standard InChI is InChI=1S/C20H25NO2/c1-14(2)23-18-12-10-17(11-13-18)21-19(22)20(4,5)16-8-6-15(3)7-9-16/h6-14H,1-5H3,(H,21,22). The zero-order valence-electron chi connectivity index (χ0n) is 14.5. The predicted octanol–water partition coefficient (Wildman–Crippen LogP) is 4.70. The first-order chi connectivity index (χ1) is 10.8. The number of anilines is 1. The van der Waals surface area contributed by atoms with Crippen molar-refractivity contribution in [3.63, 3.8) is 0 Å². The molecule has 23 heavy (non-hydrogen) atoms. The quantitative estimate of drug-likeness (QED) is 0.869. The van der Waals surface area contributed by atoms with Crippen LogP contribution in [0.5, 0.6) is 5.75 Å². The van der Waals surface area contributed by atoms with E-state index in [9.17, 15) is 4.79 Å². The molecule has 0 aliphatic carbocycles. The molecule has 0 fully saturated rings. The van der Waals surface area contributed by atoms with E-state index in [4.69, 9.17) is 4.74 Å². The second kappa shape index (κ2) is 6.86. The van der Waals surface area contributed by atoms with Crippen LogP contribution < -0.4 is 10.1 Å². The molecular weight excluding hydrogens is 286 g/mol. The molecule has 0 aliphatic rings. The molecule has 2 rings (SSSR count). The van der Waals surface area contributed by atoms with E-state index in [0.717, 1.165) is 17.0 Å². The highest BCUT2D eigenvalue weighted by Crippen LogP contribution is 2.26. The van der Waals surface area contributed by atoms with Gasteiger partial charge >= 0.3 is 0 Å². The first kappa shape index (κ1) is 17.1. The molecule has 0 saturated heterocycles. The number of benzene rings is 2. The second-order valence-corrected chi connectivity index (χ2v) is 6.64. The summed E-state index contributed by atoms with van der Waals surface area (Å²) < 4.78 is 5.61. The molecule has 3 nitrogen and oxygen atoms in total. The van der Waals surface area contributed by atoms with Gasteiger partial charge < -0.3 is 10.1 Å². The Balaban J connectivity index is 2.09. The third-order valence-corrected chi connectivity index (χ3v) is 3.82. The summed E-state index contributed by atoms with van der Waals surface area (Å²) in [5.41, 5.74) is 2.36. The van der Waals surface area contributed by atoms with Crippen molar-refractivity contribution in [2.24, 2.45) is 0 Å². The van der Waals surface area contributed by atoms with Gasteiger partial charge in [-0.2, -0.15) is 0 Å². The minimum atomic E-state index is -0.596. The summed E-state index contributed by atoms with van der Waals surface area (Å²) >= 11 is 0. The van der Waals surface area contributed by atoms with E-state index in [1.165, 1.54) is 5.56 Å². The van der Waals surface area contributed by atoms with Crippen LogP contribution in [-0.4, -0.2) is 12.0 Å². The van der Waals surface area contributed by atoms with Crippen LogP contribution in [-0.2, 0) is 10.2 Å². The molecule has 0 unspecified atom stereocenters. The van der Waals surface area contributed by atoms with Crippen LogP contribution in [0.25, 0.3) is 0 Å². The fraction of sp³-hybridized carbons (Fsp3) is 0.350. The van der Waals surface area contributed by atoms with Crippen LogP contribution in [0.2, 0.25) is 0 Å². The van der Waals surface area contributed by atoms with Crippen molar-refractivity contribution in [3.8, 4) is 5.75 Å². The number of amides is 1. The largest absolute Gasteiger partial charge is 0.491 e. The Kier molecular flexibility index (Phi) is 5.09. The average Bonchev–Trinajstić information content (AvgIpc) is 2.49. The maximum absolute atomic E-state index is 12.6. The van der Waals surface area contributed by atoms with Crippen LogP contribution in [0.15, 0.2) is 48.5 Å². The lowest BCUT2D eigenvalue weighted by Crippen LogP contribution is -2.34. The van der Waals surface area contributed by atoms with Crippen LogP contribution in [0.3, 0.4) is 0 Å². The Hall–Kier alpha value is -2.29. The highest BCUT2D eigenvalue weighted by Gasteiger charge is 2.29. The fourth-order valence-electron chi connectivity index (χ4n) is 2.28. The normalized spacial score (nSPS) is 11.4. The maximum Gasteiger partial charge on any atom is 0.234 e. The van der Waals surface area contributed by atoms with Crippen molar-refractivity contribution in [3.05, 3.63) is 59.7 Å². The summed E-state index contributed by atoms with van der Waals surface area (Å²) in [6, 6.07) is 15.5. The predicted molar refractivity (Wildman–Crippen MR) is 95.0 cm³/mol. The van der Waals surface area contributed by atoms with Crippen molar-refractivity contribution in [2.45, 2.75) is 46.1 Å². The molecule has 0 aliphatic heterocycles. The summed E-state index contributed by atoms with van der Waals surface area (Å²) in [4.78, 5) is 12.6. The first-order valence-corrected chi connectivity index (χ1v) is 7.94. The molecule has 0 saturated carbocycles. The third kappa shape index (κ3) is 4.35. The minimum Gasteiger partial charge on any atom is -0.491 e. The molecule has 0 spiro atoms. The molecule has 3 heteroatoms. The van der Waals surface area contributed by atoms with E-state index >= 15 is 0 Å². The first-order valence-electron chi connectivity index (χ1n) is 7.94. The lowest BCUT2D eigenvalue weighted by atomic mass is 9.83. The number of hydrogen-bond donors (Lipinski definition) is 1. The van der Waals surface area contributed by atoms with Gasteiger partial charge in [-0.15, -0.1) is 0 Å². The molecule has 0 heterocycles. The zero-order valence-corrected chi connectivity index (χ0v) is 14.5. The van der Waals surface area contributed by atoms with Crippen molar-refractivity contribution < 1.29 is 9.53 Å². The SMILES string of the molecule is Cc1ccc(C(C)(C)C(=O)Nc2ccc(OC(C)C)cc2)cc1. The zero-order chi connectivity index (χ0) is 17.0. The Labute approximate surface area is 138 Å². The van der Waals surface area contributed by atoms with Gasteiger partial charge in [0.25, 0.3) is 0 Å². The van der Waals surface area contributed by atoms with Crippen molar-refractivity contribution in [1.29, 1.82) is 0 Å². The molecule has 0 aromatic heterocycles. The van der Waals surface area contributed by atoms with E-state index in [2.05, 4.69) is 5.32 Å². The summed E-state index contributed by atoms with van der Waals surface area (Å²) in [7, 11) is 0. The third-order valence-electron chi connectivity index (χ3n) is 3.82. The summed E-state index contributed by atoms with van der Waals surface area (Å²) in [5.74, 6) is 0.773. The van der Waals surface area contributed by atoms with E-state index < -0.39 is 5.41 Å². The van der Waals surface area contributed by atoms with Gasteiger partial charge in [-0.1, -0.05) is 29.8 Å². The van der Waals surface area contributed by atoms with Crippen LogP contribution >= 0.6 is 0 Å². The molecule has 1 N–H and O–H groups in total. The number of hydrogen-bond acceptors (Lipinski definition) is 2. The Morgan fingerprint density at radius 2 is 1.57 bits per heavy atom. The van der Waals surface area contributed by atoms with Gasteiger partial charge in [0.1, 0.15) is 5.75 Å². The molecule has 122 valence electrons. The van der Waals surface area contributed by atoms with Gasteiger partial charge in [0.2, 0.25) is 5.91 Å². The fourth-order valence-corrected chi connectivity index (χ4v) is 2.28. The van der Waals surface area contributed by atoms with Gasteiger partial charge in [0.05, 0.1) is 11.5 Å². The Morgan fingerprint density at radius 1 is 1.00 bits per heavy atom. The summed E-state index contributed by atoms with van der Waals surface area (Å²) in [6.45, 7) is 9.88. The lowest BCUT2D eigenvalue weighted by molar-refractivity contribution is -0.120. The molecule has 0 bridgehead atoms. The van der Waals surface area contributed by atoms with Crippen molar-refractivity contribution >= 4 is 11.6 Å². The van der Waals surface area contributed by atoms with Crippen LogP contribution in [0, 0.1) is 6.92 Å². The smallest absolute Gasteiger partial charge is 0.234 e. The van der Waals surface area contributed by atoms with E-state index in [-0.39, 0.29) is 12.0 Å². The van der Waals surface area contributed by atoms with Gasteiger partial charge in [0.15, 0.2) is 0 Å². The number of rotatable bonds is 5. The molecule has 2 aromatic carbocycles. The Bertz CT molecular complexity index is 655. The number of ether oxygens (including phenoxy) is 1. The molecule has 0 radical (unpaired) electrons. The Morgan fingerprint density at radius 3 is 2.09 bits per heavy atom. The highest BCUT2D eigenvalue weighted by molar-refractivity contribution is 5.98. The van der Waals surface area contributed by atoms with Crippen LogP contribution in [0.1, 0.15) is 38.8 Å². The monoisotopic (exact) mass is 311 g/mol. The van der Waals surface area contributed by atoms with Crippen molar-refractivity contribution in [1.82, 2.24) is 0 Å². The van der Waals surface area contributed by atoms with Gasteiger partial charge in [-0.05, 0) is 64.4 Å². The van der Waals surface area contributed by atoms with E-state index in [0.29, 0.717) is 0 Å².